The van der Waals surface area contributed by atoms with E-state index in [-0.39, 0.29) is 21.5 Å². The van der Waals surface area contributed by atoms with Crippen LogP contribution >= 0.6 is 23.2 Å². The van der Waals surface area contributed by atoms with Gasteiger partial charge in [0, 0.05) is 6.07 Å². The molecule has 0 radical (unpaired) electrons. The molecule has 7 nitrogen and oxygen atoms in total. The summed E-state index contributed by atoms with van der Waals surface area (Å²) in [6.45, 7) is 0. The molecule has 0 aliphatic rings. The molecule has 2 aromatic rings. The van der Waals surface area contributed by atoms with E-state index in [1.807, 2.05) is 0 Å². The van der Waals surface area contributed by atoms with Gasteiger partial charge in [-0.05, 0) is 23.8 Å². The highest BCUT2D eigenvalue weighted by Crippen LogP contribution is 2.32. The molecular formula is C12H8Cl2N4O3. The smallest absolute Gasteiger partial charge is 0.287 e. The maximum atomic E-state index is 10.5. The molecule has 108 valence electrons. The second-order valence-corrected chi connectivity index (χ2v) is 4.68. The normalized spacial score (nSPS) is 10.8. The Bertz CT molecular complexity index is 681. The van der Waals surface area contributed by atoms with Gasteiger partial charge < -0.3 is 5.11 Å². The predicted octanol–water partition coefficient (Wildman–Crippen LogP) is 3.45. The van der Waals surface area contributed by atoms with Crippen LogP contribution in [0.5, 0.6) is 5.75 Å². The van der Waals surface area contributed by atoms with Gasteiger partial charge in [-0.25, -0.2) is 4.98 Å². The van der Waals surface area contributed by atoms with E-state index in [1.165, 1.54) is 30.5 Å². The Labute approximate surface area is 129 Å². The molecule has 21 heavy (non-hydrogen) atoms. The van der Waals surface area contributed by atoms with Crippen molar-refractivity contribution in [2.24, 2.45) is 5.10 Å². The first-order valence-corrected chi connectivity index (χ1v) is 6.30. The van der Waals surface area contributed by atoms with Crippen LogP contribution in [0.25, 0.3) is 0 Å². The van der Waals surface area contributed by atoms with Crippen LogP contribution in [-0.4, -0.2) is 21.2 Å². The molecule has 2 rings (SSSR count). The van der Waals surface area contributed by atoms with E-state index < -0.39 is 4.92 Å². The van der Waals surface area contributed by atoms with Gasteiger partial charge in [-0.1, -0.05) is 23.2 Å². The molecule has 0 bridgehead atoms. The lowest BCUT2D eigenvalue weighted by atomic mass is 10.2. The minimum atomic E-state index is -0.541. The fourth-order valence-corrected chi connectivity index (χ4v) is 1.90. The van der Waals surface area contributed by atoms with Crippen molar-refractivity contribution in [3.05, 3.63) is 56.2 Å². The van der Waals surface area contributed by atoms with E-state index >= 15 is 0 Å². The lowest BCUT2D eigenvalue weighted by Crippen LogP contribution is -1.95. The van der Waals surface area contributed by atoms with E-state index in [2.05, 4.69) is 15.5 Å². The molecule has 0 saturated heterocycles. The number of nitro groups is 1. The van der Waals surface area contributed by atoms with Gasteiger partial charge in [-0.3, -0.25) is 15.5 Å². The van der Waals surface area contributed by atoms with Gasteiger partial charge >= 0.3 is 0 Å². The standard InChI is InChI=1S/C12H8Cl2N4O3/c13-9-3-7(4-10(14)12(9)19)5-16-17-11-2-1-8(6-15-11)18(20)21/h1-6,19H,(H,15,17)/b16-5+. The number of halogens is 2. The van der Waals surface area contributed by atoms with Crippen molar-refractivity contribution in [3.63, 3.8) is 0 Å². The van der Waals surface area contributed by atoms with Gasteiger partial charge in [0.05, 0.1) is 21.2 Å². The highest BCUT2D eigenvalue weighted by Gasteiger charge is 2.06. The van der Waals surface area contributed by atoms with Crippen molar-refractivity contribution in [3.8, 4) is 5.75 Å². The molecule has 0 unspecified atom stereocenters. The number of phenolic OH excluding ortho intramolecular Hbond substituents is 1. The van der Waals surface area contributed by atoms with Gasteiger partial charge in [-0.2, -0.15) is 5.10 Å². The summed E-state index contributed by atoms with van der Waals surface area (Å²) in [5, 5.41) is 24.0. The van der Waals surface area contributed by atoms with Crippen LogP contribution < -0.4 is 5.43 Å². The third-order valence-electron chi connectivity index (χ3n) is 2.39. The first-order valence-electron chi connectivity index (χ1n) is 5.55. The maximum absolute atomic E-state index is 10.5. The second-order valence-electron chi connectivity index (χ2n) is 3.86. The number of aromatic hydroxyl groups is 1. The summed E-state index contributed by atoms with van der Waals surface area (Å²) in [7, 11) is 0. The average Bonchev–Trinajstić information content (AvgIpc) is 2.45. The van der Waals surface area contributed by atoms with Crippen LogP contribution in [0.2, 0.25) is 10.0 Å². The molecule has 0 spiro atoms. The number of hydrazone groups is 1. The van der Waals surface area contributed by atoms with Crippen LogP contribution in [0.15, 0.2) is 35.6 Å². The number of anilines is 1. The molecule has 0 fully saturated rings. The first kappa shape index (κ1) is 15.0. The quantitative estimate of drug-likeness (QED) is 0.509. The molecule has 0 atom stereocenters. The topological polar surface area (TPSA) is 101 Å². The number of phenols is 1. The molecule has 2 N–H and O–H groups in total. The summed E-state index contributed by atoms with van der Waals surface area (Å²) in [4.78, 5) is 13.8. The monoisotopic (exact) mass is 326 g/mol. The van der Waals surface area contributed by atoms with Gasteiger partial charge in [0.25, 0.3) is 5.69 Å². The van der Waals surface area contributed by atoms with Crippen LogP contribution in [0.4, 0.5) is 11.5 Å². The fraction of sp³-hybridized carbons (Fsp3) is 0. The third kappa shape index (κ3) is 3.80. The molecule has 9 heteroatoms. The Morgan fingerprint density at radius 1 is 1.33 bits per heavy atom. The number of nitrogens with one attached hydrogen (secondary N) is 1. The van der Waals surface area contributed by atoms with Crippen molar-refractivity contribution in [1.82, 2.24) is 4.98 Å². The predicted molar refractivity (Wildman–Crippen MR) is 80.2 cm³/mol. The fourth-order valence-electron chi connectivity index (χ4n) is 1.39. The van der Waals surface area contributed by atoms with Gasteiger partial charge in [0.2, 0.25) is 0 Å². The Hall–Kier alpha value is -2.38. The molecule has 0 saturated carbocycles. The molecule has 1 heterocycles. The molecule has 1 aromatic carbocycles. The molecule has 0 aliphatic heterocycles. The first-order chi connectivity index (χ1) is 9.97. The largest absolute Gasteiger partial charge is 0.505 e. The third-order valence-corrected chi connectivity index (χ3v) is 2.97. The number of nitrogens with zero attached hydrogens (tertiary/aromatic N) is 3. The Balaban J connectivity index is 2.07. The zero-order chi connectivity index (χ0) is 15.4. The summed E-state index contributed by atoms with van der Waals surface area (Å²) in [6.07, 6.45) is 2.53. The summed E-state index contributed by atoms with van der Waals surface area (Å²) in [5.74, 6) is 0.147. The van der Waals surface area contributed by atoms with E-state index in [1.54, 1.807) is 0 Å². The van der Waals surface area contributed by atoms with Crippen molar-refractivity contribution in [2.45, 2.75) is 0 Å². The number of rotatable bonds is 4. The van der Waals surface area contributed by atoms with Gasteiger partial charge in [0.1, 0.15) is 12.0 Å². The lowest BCUT2D eigenvalue weighted by Gasteiger charge is -2.02. The lowest BCUT2D eigenvalue weighted by molar-refractivity contribution is -0.385. The second kappa shape index (κ2) is 6.38. The zero-order valence-electron chi connectivity index (χ0n) is 10.3. The van der Waals surface area contributed by atoms with Crippen LogP contribution in [0.1, 0.15) is 5.56 Å². The number of pyridine rings is 1. The molecular weight excluding hydrogens is 319 g/mol. The number of aromatic nitrogens is 1. The van der Waals surface area contributed by atoms with E-state index in [0.717, 1.165) is 6.20 Å². The number of hydrogen-bond acceptors (Lipinski definition) is 6. The van der Waals surface area contributed by atoms with Crippen LogP contribution in [-0.2, 0) is 0 Å². The molecule has 0 aliphatic carbocycles. The minimum Gasteiger partial charge on any atom is -0.505 e. The molecule has 0 amide bonds. The van der Waals surface area contributed by atoms with Crippen LogP contribution in [0.3, 0.4) is 0 Å². The number of hydrogen-bond donors (Lipinski definition) is 2. The van der Waals surface area contributed by atoms with Crippen molar-refractivity contribution in [1.29, 1.82) is 0 Å². The van der Waals surface area contributed by atoms with Gasteiger partial charge in [0.15, 0.2) is 5.75 Å². The summed E-state index contributed by atoms with van der Waals surface area (Å²) >= 11 is 11.5. The van der Waals surface area contributed by atoms with E-state index in [9.17, 15) is 15.2 Å². The summed E-state index contributed by atoms with van der Waals surface area (Å²) in [5.41, 5.74) is 3.06. The average molecular weight is 327 g/mol. The maximum Gasteiger partial charge on any atom is 0.287 e. The van der Waals surface area contributed by atoms with Crippen molar-refractivity contribution < 1.29 is 10.0 Å². The number of benzene rings is 1. The van der Waals surface area contributed by atoms with E-state index in [0.29, 0.717) is 11.4 Å². The van der Waals surface area contributed by atoms with Crippen molar-refractivity contribution in [2.75, 3.05) is 5.43 Å². The highest BCUT2D eigenvalue weighted by molar-refractivity contribution is 6.37. The van der Waals surface area contributed by atoms with E-state index in [4.69, 9.17) is 23.2 Å². The highest BCUT2D eigenvalue weighted by atomic mass is 35.5. The van der Waals surface area contributed by atoms with Crippen molar-refractivity contribution >= 4 is 40.9 Å². The minimum absolute atomic E-state index is 0.109. The Morgan fingerprint density at radius 2 is 2.00 bits per heavy atom. The summed E-state index contributed by atoms with van der Waals surface area (Å²) in [6, 6.07) is 5.69. The Morgan fingerprint density at radius 3 is 2.52 bits per heavy atom. The zero-order valence-corrected chi connectivity index (χ0v) is 11.8. The SMILES string of the molecule is O=[N+]([O-])c1ccc(N/N=C/c2cc(Cl)c(O)c(Cl)c2)nc1. The Kier molecular flexibility index (Phi) is 4.56. The van der Waals surface area contributed by atoms with Gasteiger partial charge in [-0.15, -0.1) is 0 Å². The summed E-state index contributed by atoms with van der Waals surface area (Å²) < 4.78 is 0. The van der Waals surface area contributed by atoms with Crippen LogP contribution in [0, 0.1) is 10.1 Å². The molecule has 1 aromatic heterocycles.